The first-order chi connectivity index (χ1) is 19.5. The fraction of sp³-hybridized carbons (Fsp3) is 0.0526. The van der Waals surface area contributed by atoms with Crippen molar-refractivity contribution in [2.45, 2.75) is 0 Å². The molecule has 0 fully saturated rings. The molecule has 0 radical (unpaired) electrons. The van der Waals surface area contributed by atoms with E-state index in [9.17, 15) is 4.57 Å². The second-order valence-electron chi connectivity index (χ2n) is 10.9. The minimum absolute atomic E-state index is 0.911. The molecule has 0 aliphatic carbocycles. The van der Waals surface area contributed by atoms with Crippen molar-refractivity contribution >= 4 is 44.8 Å². The van der Waals surface area contributed by atoms with E-state index in [1.54, 1.807) is 0 Å². The van der Waals surface area contributed by atoms with Gasteiger partial charge in [0.1, 0.15) is 7.14 Å². The maximum Gasteiger partial charge on any atom is 0.109 e. The normalized spacial score (nSPS) is 11.8. The van der Waals surface area contributed by atoms with Crippen LogP contribution >= 0.6 is 7.14 Å². The third-order valence-electron chi connectivity index (χ3n) is 7.94. The Morgan fingerprint density at radius 3 is 1.45 bits per heavy atom. The monoisotopic (exact) mass is 532 g/mol. The summed E-state index contributed by atoms with van der Waals surface area (Å²) in [7, 11) is -2.29. The van der Waals surface area contributed by atoms with Crippen molar-refractivity contribution in [1.29, 1.82) is 0 Å². The zero-order chi connectivity index (χ0) is 27.3. The maximum absolute atomic E-state index is 12.5. The van der Waals surface area contributed by atoms with Crippen LogP contribution in [0.4, 0.5) is 0 Å². The van der Waals surface area contributed by atoms with E-state index in [0.29, 0.717) is 0 Å². The third kappa shape index (κ3) is 4.24. The quantitative estimate of drug-likeness (QED) is 0.163. The maximum atomic E-state index is 12.5. The van der Waals surface area contributed by atoms with E-state index in [2.05, 4.69) is 127 Å². The largest absolute Gasteiger partial charge is 0.319 e. The Kier molecular flexibility index (Phi) is 5.92. The molecular formula is C38H29OP. The van der Waals surface area contributed by atoms with Crippen molar-refractivity contribution in [3.8, 4) is 33.4 Å². The van der Waals surface area contributed by atoms with Crippen LogP contribution in [0.1, 0.15) is 0 Å². The topological polar surface area (TPSA) is 17.1 Å². The smallest absolute Gasteiger partial charge is 0.109 e. The summed E-state index contributed by atoms with van der Waals surface area (Å²) in [6, 6.07) is 49.9. The van der Waals surface area contributed by atoms with Gasteiger partial charge in [0, 0.05) is 5.30 Å². The molecule has 7 aromatic carbocycles. The van der Waals surface area contributed by atoms with Crippen LogP contribution in [0.3, 0.4) is 0 Å². The summed E-state index contributed by atoms with van der Waals surface area (Å²) in [6.07, 6.45) is 0. The van der Waals surface area contributed by atoms with Gasteiger partial charge in [0.15, 0.2) is 0 Å². The van der Waals surface area contributed by atoms with Crippen LogP contribution in [0.15, 0.2) is 140 Å². The molecule has 0 saturated carbocycles. The molecule has 0 amide bonds. The van der Waals surface area contributed by atoms with E-state index in [-0.39, 0.29) is 0 Å². The van der Waals surface area contributed by atoms with Gasteiger partial charge in [-0.2, -0.15) is 0 Å². The standard InChI is InChI=1S/C38H29OP/c1-40(2,39)32-22-20-27(21-23-32)29-12-9-13-30(24-29)37-33-14-5-7-16-35(33)38(36-17-8-6-15-34(36)37)31-19-18-26-10-3-4-11-28(26)25-31/h3-25H,1-2H3. The van der Waals surface area contributed by atoms with E-state index < -0.39 is 7.14 Å². The van der Waals surface area contributed by atoms with Crippen molar-refractivity contribution in [2.24, 2.45) is 0 Å². The van der Waals surface area contributed by atoms with Gasteiger partial charge in [-0.3, -0.25) is 0 Å². The summed E-state index contributed by atoms with van der Waals surface area (Å²) in [5.74, 6) is 0. The lowest BCUT2D eigenvalue weighted by molar-refractivity contribution is 0.588. The summed E-state index contributed by atoms with van der Waals surface area (Å²) in [5, 5.41) is 8.41. The van der Waals surface area contributed by atoms with E-state index in [1.807, 2.05) is 25.5 Å². The first-order valence-electron chi connectivity index (χ1n) is 13.7. The zero-order valence-electron chi connectivity index (χ0n) is 22.6. The summed E-state index contributed by atoms with van der Waals surface area (Å²) in [4.78, 5) is 0. The predicted octanol–water partition coefficient (Wildman–Crippen LogP) is 10.4. The molecular weight excluding hydrogens is 503 g/mol. The Morgan fingerprint density at radius 2 is 0.875 bits per heavy atom. The Labute approximate surface area is 235 Å². The molecule has 7 rings (SSSR count). The van der Waals surface area contributed by atoms with Crippen molar-refractivity contribution in [3.05, 3.63) is 140 Å². The highest BCUT2D eigenvalue weighted by atomic mass is 31.2. The van der Waals surface area contributed by atoms with Crippen LogP contribution in [0.5, 0.6) is 0 Å². The highest BCUT2D eigenvalue weighted by Crippen LogP contribution is 2.44. The minimum Gasteiger partial charge on any atom is -0.319 e. The Morgan fingerprint density at radius 1 is 0.400 bits per heavy atom. The van der Waals surface area contributed by atoms with Crippen molar-refractivity contribution in [1.82, 2.24) is 0 Å². The second kappa shape index (κ2) is 9.63. The van der Waals surface area contributed by atoms with Gasteiger partial charge in [0.25, 0.3) is 0 Å². The predicted molar refractivity (Wildman–Crippen MR) is 174 cm³/mol. The number of hydrogen-bond acceptors (Lipinski definition) is 1. The average molecular weight is 533 g/mol. The van der Waals surface area contributed by atoms with Gasteiger partial charge < -0.3 is 4.57 Å². The van der Waals surface area contributed by atoms with Gasteiger partial charge >= 0.3 is 0 Å². The number of fused-ring (bicyclic) bond motifs is 3. The molecule has 0 saturated heterocycles. The van der Waals surface area contributed by atoms with E-state index in [0.717, 1.165) is 16.4 Å². The molecule has 0 bridgehead atoms. The van der Waals surface area contributed by atoms with Crippen LogP contribution in [0, 0.1) is 0 Å². The first-order valence-corrected chi connectivity index (χ1v) is 16.3. The third-order valence-corrected chi connectivity index (χ3v) is 9.49. The van der Waals surface area contributed by atoms with E-state index >= 15 is 0 Å². The fourth-order valence-corrected chi connectivity index (χ4v) is 6.83. The van der Waals surface area contributed by atoms with Crippen LogP contribution in [-0.4, -0.2) is 13.3 Å². The van der Waals surface area contributed by atoms with Crippen LogP contribution in [-0.2, 0) is 4.57 Å². The molecule has 0 heterocycles. The lowest BCUT2D eigenvalue weighted by Crippen LogP contribution is -2.01. The van der Waals surface area contributed by atoms with Crippen molar-refractivity contribution in [2.75, 3.05) is 13.3 Å². The molecule has 0 N–H and O–H groups in total. The van der Waals surface area contributed by atoms with Gasteiger partial charge in [-0.1, -0.05) is 127 Å². The molecule has 0 aromatic heterocycles. The molecule has 192 valence electrons. The Bertz CT molecular complexity index is 2040. The van der Waals surface area contributed by atoms with Crippen LogP contribution in [0.25, 0.3) is 65.7 Å². The zero-order valence-corrected chi connectivity index (χ0v) is 23.5. The van der Waals surface area contributed by atoms with Gasteiger partial charge in [-0.15, -0.1) is 0 Å². The minimum atomic E-state index is -2.29. The fourth-order valence-electron chi connectivity index (χ4n) is 5.96. The van der Waals surface area contributed by atoms with E-state index in [1.165, 1.54) is 54.6 Å². The lowest BCUT2D eigenvalue weighted by Gasteiger charge is -2.18. The van der Waals surface area contributed by atoms with E-state index in [4.69, 9.17) is 0 Å². The molecule has 0 unspecified atom stereocenters. The summed E-state index contributed by atoms with van der Waals surface area (Å²) in [5.41, 5.74) is 7.22. The lowest BCUT2D eigenvalue weighted by atomic mass is 9.85. The number of benzene rings is 7. The van der Waals surface area contributed by atoms with Crippen molar-refractivity contribution in [3.63, 3.8) is 0 Å². The summed E-state index contributed by atoms with van der Waals surface area (Å²) >= 11 is 0. The summed E-state index contributed by atoms with van der Waals surface area (Å²) < 4.78 is 12.5. The van der Waals surface area contributed by atoms with Gasteiger partial charge in [-0.25, -0.2) is 0 Å². The van der Waals surface area contributed by atoms with Gasteiger partial charge in [0.05, 0.1) is 0 Å². The van der Waals surface area contributed by atoms with Gasteiger partial charge in [-0.05, 0) is 91.2 Å². The highest BCUT2D eigenvalue weighted by molar-refractivity contribution is 7.70. The SMILES string of the molecule is CP(C)(=O)c1ccc(-c2cccc(-c3c4ccccc4c(-c4ccc5ccccc5c4)c4ccccc34)c2)cc1. The number of rotatable bonds is 4. The average Bonchev–Trinajstić information content (AvgIpc) is 2.99. The Hall–Kier alpha value is -4.45. The second-order valence-corrected chi connectivity index (χ2v) is 14.1. The molecule has 0 spiro atoms. The molecule has 0 aliphatic rings. The highest BCUT2D eigenvalue weighted by Gasteiger charge is 2.17. The first kappa shape index (κ1) is 24.6. The van der Waals surface area contributed by atoms with Crippen LogP contribution in [0.2, 0.25) is 0 Å². The molecule has 40 heavy (non-hydrogen) atoms. The molecule has 2 heteroatoms. The Balaban J connectivity index is 1.47. The van der Waals surface area contributed by atoms with Crippen molar-refractivity contribution < 1.29 is 4.57 Å². The van der Waals surface area contributed by atoms with Gasteiger partial charge in [0.2, 0.25) is 0 Å². The number of hydrogen-bond donors (Lipinski definition) is 0. The molecule has 7 aromatic rings. The molecule has 1 nitrogen and oxygen atoms in total. The van der Waals surface area contributed by atoms with Crippen LogP contribution < -0.4 is 5.30 Å². The molecule has 0 atom stereocenters. The summed E-state index contributed by atoms with van der Waals surface area (Å²) in [6.45, 7) is 3.64. The molecule has 0 aliphatic heterocycles.